The van der Waals surface area contributed by atoms with Crippen LogP contribution >= 0.6 is 11.3 Å². The Morgan fingerprint density at radius 1 is 1.36 bits per heavy atom. The second kappa shape index (κ2) is 7.56. The fourth-order valence-electron chi connectivity index (χ4n) is 1.93. The number of pyridine rings is 1. The van der Waals surface area contributed by atoms with Crippen molar-refractivity contribution in [2.24, 2.45) is 0 Å². The Kier molecular flexibility index (Phi) is 5.48. The Hall–Kier alpha value is -2.41. The van der Waals surface area contributed by atoms with Gasteiger partial charge in [-0.05, 0) is 17.5 Å². The van der Waals surface area contributed by atoms with Gasteiger partial charge in [0.25, 0.3) is 0 Å². The maximum absolute atomic E-state index is 12.1. The lowest BCUT2D eigenvalue weighted by Gasteiger charge is -2.16. The lowest BCUT2D eigenvalue weighted by atomic mass is 10.1. The molecule has 0 bridgehead atoms. The molecule has 2 heterocycles. The minimum absolute atomic E-state index is 0.159. The van der Waals surface area contributed by atoms with E-state index in [2.05, 4.69) is 15.6 Å². The molecule has 2 rings (SSSR count). The Labute approximate surface area is 132 Å². The molecule has 22 heavy (non-hydrogen) atoms. The highest BCUT2D eigenvalue weighted by Gasteiger charge is 2.18. The van der Waals surface area contributed by atoms with E-state index in [1.165, 1.54) is 31.6 Å². The number of carbonyl (C=O) groups is 2. The fraction of sp³-hybridized carbons (Fsp3) is 0.267. The second-order valence-electron chi connectivity index (χ2n) is 4.61. The summed E-state index contributed by atoms with van der Waals surface area (Å²) in [5.41, 5.74) is 0.582. The molecule has 0 radical (unpaired) electrons. The predicted octanol–water partition coefficient (Wildman–Crippen LogP) is 2.36. The third kappa shape index (κ3) is 4.56. The first kappa shape index (κ1) is 16.0. The van der Waals surface area contributed by atoms with Crippen LogP contribution in [-0.2, 0) is 9.59 Å². The first-order chi connectivity index (χ1) is 10.6. The molecule has 0 spiro atoms. The number of ether oxygens (including phenoxy) is 1. The molecule has 6 nitrogen and oxygen atoms in total. The van der Waals surface area contributed by atoms with Crippen LogP contribution in [0.3, 0.4) is 0 Å². The van der Waals surface area contributed by atoms with Crippen LogP contribution in [-0.4, -0.2) is 23.9 Å². The average Bonchev–Trinajstić information content (AvgIpc) is 3.01. The van der Waals surface area contributed by atoms with E-state index >= 15 is 0 Å². The van der Waals surface area contributed by atoms with Crippen molar-refractivity contribution >= 4 is 28.8 Å². The zero-order valence-electron chi connectivity index (χ0n) is 12.3. The molecule has 0 aliphatic rings. The molecule has 0 aliphatic heterocycles. The number of nitrogens with zero attached hydrogens (tertiary/aromatic N) is 1. The number of thiophene rings is 1. The van der Waals surface area contributed by atoms with Gasteiger partial charge in [-0.15, -0.1) is 11.3 Å². The lowest BCUT2D eigenvalue weighted by Crippen LogP contribution is -2.29. The minimum atomic E-state index is -0.330. The summed E-state index contributed by atoms with van der Waals surface area (Å²) < 4.78 is 4.96. The van der Waals surface area contributed by atoms with Crippen LogP contribution in [0.25, 0.3) is 0 Å². The molecule has 0 saturated carbocycles. The van der Waals surface area contributed by atoms with E-state index in [0.717, 1.165) is 4.88 Å². The second-order valence-corrected chi connectivity index (χ2v) is 5.59. The molecule has 0 aliphatic carbocycles. The normalized spacial score (nSPS) is 11.5. The zero-order valence-corrected chi connectivity index (χ0v) is 13.1. The molecule has 1 atom stereocenters. The highest BCUT2D eigenvalue weighted by Crippen LogP contribution is 2.22. The van der Waals surface area contributed by atoms with Gasteiger partial charge in [0.2, 0.25) is 17.7 Å². The van der Waals surface area contributed by atoms with Gasteiger partial charge in [-0.25, -0.2) is 4.98 Å². The van der Waals surface area contributed by atoms with Crippen molar-refractivity contribution in [2.75, 3.05) is 12.4 Å². The summed E-state index contributed by atoms with van der Waals surface area (Å²) in [5, 5.41) is 7.46. The monoisotopic (exact) mass is 319 g/mol. The van der Waals surface area contributed by atoms with E-state index in [4.69, 9.17) is 4.74 Å². The topological polar surface area (TPSA) is 80.3 Å². The SMILES string of the molecule is COc1ccc(NC(=O)CC(NC(C)=O)c2cccs2)cn1. The van der Waals surface area contributed by atoms with Crippen LogP contribution < -0.4 is 15.4 Å². The number of carbonyl (C=O) groups excluding carboxylic acids is 2. The molecule has 0 saturated heterocycles. The highest BCUT2D eigenvalue weighted by molar-refractivity contribution is 7.10. The maximum Gasteiger partial charge on any atom is 0.226 e. The number of methoxy groups -OCH3 is 1. The van der Waals surface area contributed by atoms with Crippen molar-refractivity contribution in [3.05, 3.63) is 40.7 Å². The predicted molar refractivity (Wildman–Crippen MR) is 84.9 cm³/mol. The van der Waals surface area contributed by atoms with Crippen molar-refractivity contribution in [1.29, 1.82) is 0 Å². The summed E-state index contributed by atoms with van der Waals surface area (Å²) in [7, 11) is 1.53. The Bertz CT molecular complexity index is 626. The van der Waals surface area contributed by atoms with Gasteiger partial charge in [0.15, 0.2) is 0 Å². The largest absolute Gasteiger partial charge is 0.481 e. The van der Waals surface area contributed by atoms with Crippen LogP contribution in [0.1, 0.15) is 24.3 Å². The standard InChI is InChI=1S/C15H17N3O3S/c1-10(19)17-12(13-4-3-7-22-13)8-14(20)18-11-5-6-15(21-2)16-9-11/h3-7,9,12H,8H2,1-2H3,(H,17,19)(H,18,20). The number of nitrogens with one attached hydrogen (secondary N) is 2. The van der Waals surface area contributed by atoms with Gasteiger partial charge in [0.05, 0.1) is 31.5 Å². The summed E-state index contributed by atoms with van der Waals surface area (Å²) >= 11 is 1.50. The van der Waals surface area contributed by atoms with E-state index < -0.39 is 0 Å². The van der Waals surface area contributed by atoms with Gasteiger partial charge in [0.1, 0.15) is 0 Å². The van der Waals surface area contributed by atoms with Crippen LogP contribution in [0.15, 0.2) is 35.8 Å². The molecule has 0 fully saturated rings. The van der Waals surface area contributed by atoms with E-state index in [9.17, 15) is 9.59 Å². The maximum atomic E-state index is 12.1. The summed E-state index contributed by atoms with van der Waals surface area (Å²) in [6, 6.07) is 6.83. The van der Waals surface area contributed by atoms with Crippen molar-refractivity contribution in [3.8, 4) is 5.88 Å². The zero-order chi connectivity index (χ0) is 15.9. The number of rotatable bonds is 6. The van der Waals surface area contributed by atoms with Crippen LogP contribution in [0.5, 0.6) is 5.88 Å². The lowest BCUT2D eigenvalue weighted by molar-refractivity contribution is -0.120. The molecular weight excluding hydrogens is 302 g/mol. The van der Waals surface area contributed by atoms with Gasteiger partial charge in [-0.2, -0.15) is 0 Å². The summed E-state index contributed by atoms with van der Waals surface area (Å²) in [4.78, 5) is 28.4. The summed E-state index contributed by atoms with van der Waals surface area (Å²) in [6.07, 6.45) is 1.68. The molecule has 116 valence electrons. The van der Waals surface area contributed by atoms with E-state index in [0.29, 0.717) is 11.6 Å². The fourth-order valence-corrected chi connectivity index (χ4v) is 2.71. The first-order valence-electron chi connectivity index (χ1n) is 6.69. The Morgan fingerprint density at radius 2 is 2.18 bits per heavy atom. The Balaban J connectivity index is 1.99. The third-order valence-corrected chi connectivity index (χ3v) is 3.87. The summed E-state index contributed by atoms with van der Waals surface area (Å²) in [6.45, 7) is 1.44. The minimum Gasteiger partial charge on any atom is -0.481 e. The molecule has 1 unspecified atom stereocenters. The van der Waals surface area contributed by atoms with Crippen LogP contribution in [0, 0.1) is 0 Å². The number of hydrogen-bond donors (Lipinski definition) is 2. The number of aromatic nitrogens is 1. The molecule has 2 aromatic rings. The van der Waals surface area contributed by atoms with Gasteiger partial charge in [-0.3, -0.25) is 9.59 Å². The van der Waals surface area contributed by atoms with E-state index in [1.807, 2.05) is 17.5 Å². The average molecular weight is 319 g/mol. The van der Waals surface area contributed by atoms with E-state index in [1.54, 1.807) is 12.1 Å². The van der Waals surface area contributed by atoms with Gasteiger partial charge >= 0.3 is 0 Å². The molecule has 2 amide bonds. The van der Waals surface area contributed by atoms with Crippen molar-refractivity contribution in [1.82, 2.24) is 10.3 Å². The van der Waals surface area contributed by atoms with Crippen LogP contribution in [0.4, 0.5) is 5.69 Å². The number of hydrogen-bond acceptors (Lipinski definition) is 5. The number of amides is 2. The van der Waals surface area contributed by atoms with Crippen molar-refractivity contribution in [3.63, 3.8) is 0 Å². The van der Waals surface area contributed by atoms with E-state index in [-0.39, 0.29) is 24.3 Å². The molecule has 0 aromatic carbocycles. The van der Waals surface area contributed by atoms with Gasteiger partial charge in [0, 0.05) is 17.9 Å². The third-order valence-electron chi connectivity index (χ3n) is 2.88. The van der Waals surface area contributed by atoms with Crippen molar-refractivity contribution in [2.45, 2.75) is 19.4 Å². The smallest absolute Gasteiger partial charge is 0.226 e. The Morgan fingerprint density at radius 3 is 2.73 bits per heavy atom. The van der Waals surface area contributed by atoms with Crippen molar-refractivity contribution < 1.29 is 14.3 Å². The molecule has 7 heteroatoms. The molecule has 2 N–H and O–H groups in total. The number of anilines is 1. The van der Waals surface area contributed by atoms with Crippen LogP contribution in [0.2, 0.25) is 0 Å². The quantitative estimate of drug-likeness (QED) is 0.856. The van der Waals surface area contributed by atoms with Gasteiger partial charge in [-0.1, -0.05) is 6.07 Å². The first-order valence-corrected chi connectivity index (χ1v) is 7.57. The molecular formula is C15H17N3O3S. The highest BCUT2D eigenvalue weighted by atomic mass is 32.1. The summed E-state index contributed by atoms with van der Waals surface area (Å²) in [5.74, 6) is 0.115. The van der Waals surface area contributed by atoms with Gasteiger partial charge < -0.3 is 15.4 Å². The molecule has 2 aromatic heterocycles.